The van der Waals surface area contributed by atoms with Gasteiger partial charge in [-0.1, -0.05) is 23.5 Å². The van der Waals surface area contributed by atoms with Gasteiger partial charge in [0, 0.05) is 17.5 Å². The Balaban J connectivity index is 2.46. The fourth-order valence-corrected chi connectivity index (χ4v) is 2.33. The molecule has 6 nitrogen and oxygen atoms in total. The first-order valence-electron chi connectivity index (χ1n) is 4.54. The van der Waals surface area contributed by atoms with Crippen LogP contribution in [-0.2, 0) is 4.74 Å². The molecule has 0 amide bonds. The van der Waals surface area contributed by atoms with E-state index in [1.54, 1.807) is 18.2 Å². The van der Waals surface area contributed by atoms with E-state index in [0.29, 0.717) is 10.1 Å². The van der Waals surface area contributed by atoms with E-state index < -0.39 is 11.1 Å². The first-order valence-corrected chi connectivity index (χ1v) is 5.36. The Labute approximate surface area is 99.5 Å². The highest BCUT2D eigenvalue weighted by atomic mass is 32.1. The van der Waals surface area contributed by atoms with E-state index in [2.05, 4.69) is 4.74 Å². The van der Waals surface area contributed by atoms with Crippen molar-refractivity contribution in [2.75, 3.05) is 7.11 Å². The number of nitro benzene ring substituents is 1. The summed E-state index contributed by atoms with van der Waals surface area (Å²) < 4.78 is 9.63. The Kier molecular flexibility index (Phi) is 2.92. The number of fused-ring (bicyclic) bond motifs is 1. The maximum atomic E-state index is 10.9. The average molecular weight is 253 g/mol. The first kappa shape index (κ1) is 11.3. The van der Waals surface area contributed by atoms with Crippen LogP contribution in [0.4, 0.5) is 10.5 Å². The molecule has 0 spiro atoms. The summed E-state index contributed by atoms with van der Waals surface area (Å²) in [6.45, 7) is 0. The van der Waals surface area contributed by atoms with Crippen LogP contribution in [0.5, 0.6) is 5.06 Å². The Hall–Kier alpha value is -2.15. The van der Waals surface area contributed by atoms with Crippen molar-refractivity contribution < 1.29 is 19.2 Å². The molecule has 0 N–H and O–H groups in total. The van der Waals surface area contributed by atoms with Crippen LogP contribution in [0.25, 0.3) is 10.1 Å². The molecule has 0 radical (unpaired) electrons. The van der Waals surface area contributed by atoms with Gasteiger partial charge in [-0.3, -0.25) is 10.1 Å². The molecule has 0 saturated carbocycles. The van der Waals surface area contributed by atoms with E-state index in [1.807, 2.05) is 0 Å². The standard InChI is InChI=1S/C10H7NO5S/c1-15-10(12)16-8-5-6-3-2-4-7(11(13)14)9(6)17-8/h2-5H,1H3. The Morgan fingerprint density at radius 3 is 2.88 bits per heavy atom. The maximum Gasteiger partial charge on any atom is 0.514 e. The Bertz CT molecular complexity index is 591. The van der Waals surface area contributed by atoms with Crippen molar-refractivity contribution in [3.8, 4) is 5.06 Å². The lowest BCUT2D eigenvalue weighted by Gasteiger charge is -1.96. The number of methoxy groups -OCH3 is 1. The molecule has 1 aromatic carbocycles. The fourth-order valence-electron chi connectivity index (χ4n) is 1.34. The minimum absolute atomic E-state index is 0.00721. The zero-order valence-corrected chi connectivity index (χ0v) is 9.52. The van der Waals surface area contributed by atoms with Gasteiger partial charge in [-0.15, -0.1) is 0 Å². The summed E-state index contributed by atoms with van der Waals surface area (Å²) in [5.41, 5.74) is -0.00721. The van der Waals surface area contributed by atoms with E-state index in [9.17, 15) is 14.9 Å². The SMILES string of the molecule is COC(=O)Oc1cc2cccc([N+](=O)[O-])c2s1. The molecular formula is C10H7NO5S. The summed E-state index contributed by atoms with van der Waals surface area (Å²) in [7, 11) is 1.19. The Morgan fingerprint density at radius 1 is 1.47 bits per heavy atom. The van der Waals surface area contributed by atoms with Crippen LogP contribution >= 0.6 is 11.3 Å². The van der Waals surface area contributed by atoms with Crippen LogP contribution in [0.3, 0.4) is 0 Å². The molecule has 1 aromatic heterocycles. The third-order valence-corrected chi connectivity index (χ3v) is 3.10. The zero-order valence-electron chi connectivity index (χ0n) is 8.71. The number of hydrogen-bond acceptors (Lipinski definition) is 6. The maximum absolute atomic E-state index is 10.9. The summed E-state index contributed by atoms with van der Waals surface area (Å²) in [5.74, 6) is 0. The highest BCUT2D eigenvalue weighted by molar-refractivity contribution is 7.21. The minimum Gasteiger partial charge on any atom is -0.437 e. The summed E-state index contributed by atoms with van der Waals surface area (Å²) >= 11 is 1.03. The average Bonchev–Trinajstić information content (AvgIpc) is 2.70. The van der Waals surface area contributed by atoms with Crippen LogP contribution in [0, 0.1) is 10.1 Å². The zero-order chi connectivity index (χ0) is 12.4. The van der Waals surface area contributed by atoms with Gasteiger partial charge in [-0.2, -0.15) is 0 Å². The van der Waals surface area contributed by atoms with Crippen molar-refractivity contribution in [2.45, 2.75) is 0 Å². The monoisotopic (exact) mass is 253 g/mol. The summed E-state index contributed by atoms with van der Waals surface area (Å²) in [6.07, 6.45) is -0.848. The molecular weight excluding hydrogens is 246 g/mol. The third kappa shape index (κ3) is 2.18. The van der Waals surface area contributed by atoms with Crippen molar-refractivity contribution in [1.82, 2.24) is 0 Å². The molecule has 1 heterocycles. The normalized spacial score (nSPS) is 10.2. The number of hydrogen-bond donors (Lipinski definition) is 0. The van der Waals surface area contributed by atoms with Crippen molar-refractivity contribution in [3.63, 3.8) is 0 Å². The van der Waals surface area contributed by atoms with Crippen LogP contribution in [-0.4, -0.2) is 18.2 Å². The fraction of sp³-hybridized carbons (Fsp3) is 0.100. The van der Waals surface area contributed by atoms with Gasteiger partial charge < -0.3 is 9.47 Å². The first-order chi connectivity index (χ1) is 8.11. The van der Waals surface area contributed by atoms with E-state index >= 15 is 0 Å². The highest BCUT2D eigenvalue weighted by Gasteiger charge is 2.16. The van der Waals surface area contributed by atoms with Crippen molar-refractivity contribution in [1.29, 1.82) is 0 Å². The number of rotatable bonds is 2. The Morgan fingerprint density at radius 2 is 2.24 bits per heavy atom. The molecule has 2 aromatic rings. The number of thiophene rings is 1. The van der Waals surface area contributed by atoms with E-state index in [-0.39, 0.29) is 10.8 Å². The highest BCUT2D eigenvalue weighted by Crippen LogP contribution is 2.37. The molecule has 0 saturated heterocycles. The molecule has 7 heteroatoms. The topological polar surface area (TPSA) is 78.7 Å². The molecule has 88 valence electrons. The lowest BCUT2D eigenvalue weighted by Crippen LogP contribution is -2.05. The van der Waals surface area contributed by atoms with Crippen molar-refractivity contribution >= 4 is 33.3 Å². The molecule has 0 aliphatic heterocycles. The summed E-state index contributed by atoms with van der Waals surface area (Å²) in [5, 5.41) is 11.7. The quantitative estimate of drug-likeness (QED) is 0.467. The van der Waals surface area contributed by atoms with E-state index in [0.717, 1.165) is 11.3 Å². The molecule has 0 atom stereocenters. The van der Waals surface area contributed by atoms with Gasteiger partial charge >= 0.3 is 6.16 Å². The molecule has 0 aliphatic carbocycles. The number of non-ortho nitro benzene ring substituents is 1. The predicted molar refractivity (Wildman–Crippen MR) is 61.5 cm³/mol. The molecule has 17 heavy (non-hydrogen) atoms. The summed E-state index contributed by atoms with van der Waals surface area (Å²) in [6, 6.07) is 6.25. The second-order valence-electron chi connectivity index (χ2n) is 3.07. The number of carbonyl (C=O) groups excluding carboxylic acids is 1. The number of benzene rings is 1. The van der Waals surface area contributed by atoms with Gasteiger partial charge in [-0.05, 0) is 0 Å². The minimum atomic E-state index is -0.848. The van der Waals surface area contributed by atoms with Crippen molar-refractivity contribution in [3.05, 3.63) is 34.4 Å². The van der Waals surface area contributed by atoms with Gasteiger partial charge in [0.05, 0.1) is 12.0 Å². The number of carbonyl (C=O) groups is 1. The van der Waals surface area contributed by atoms with Crippen LogP contribution in [0.2, 0.25) is 0 Å². The molecule has 0 bridgehead atoms. The van der Waals surface area contributed by atoms with Gasteiger partial charge in [0.1, 0.15) is 4.70 Å². The van der Waals surface area contributed by atoms with Crippen LogP contribution in [0.1, 0.15) is 0 Å². The summed E-state index contributed by atoms with van der Waals surface area (Å²) in [4.78, 5) is 21.2. The number of ether oxygens (including phenoxy) is 2. The van der Waals surface area contributed by atoms with E-state index in [1.165, 1.54) is 13.2 Å². The molecule has 0 aliphatic rings. The molecule has 0 fully saturated rings. The second-order valence-corrected chi connectivity index (χ2v) is 4.09. The number of nitrogens with zero attached hydrogens (tertiary/aromatic N) is 1. The third-order valence-electron chi connectivity index (χ3n) is 2.05. The molecule has 0 unspecified atom stereocenters. The van der Waals surface area contributed by atoms with Crippen LogP contribution in [0.15, 0.2) is 24.3 Å². The largest absolute Gasteiger partial charge is 0.514 e. The van der Waals surface area contributed by atoms with Gasteiger partial charge in [0.2, 0.25) is 0 Å². The second kappa shape index (κ2) is 4.38. The molecule has 2 rings (SSSR count). The lowest BCUT2D eigenvalue weighted by molar-refractivity contribution is -0.382. The van der Waals surface area contributed by atoms with Gasteiger partial charge in [-0.25, -0.2) is 4.79 Å². The van der Waals surface area contributed by atoms with Gasteiger partial charge in [0.25, 0.3) is 5.69 Å². The smallest absolute Gasteiger partial charge is 0.437 e. The number of nitro groups is 1. The predicted octanol–water partition coefficient (Wildman–Crippen LogP) is 2.95. The van der Waals surface area contributed by atoms with Crippen molar-refractivity contribution in [2.24, 2.45) is 0 Å². The van der Waals surface area contributed by atoms with E-state index in [4.69, 9.17) is 4.74 Å². The van der Waals surface area contributed by atoms with Crippen LogP contribution < -0.4 is 4.74 Å². The van der Waals surface area contributed by atoms with Gasteiger partial charge in [0.15, 0.2) is 5.06 Å². The lowest BCUT2D eigenvalue weighted by atomic mass is 10.2.